The number of aromatic nitrogens is 2. The number of nitrogens with two attached hydrogens (primary N) is 1. The molecule has 0 aliphatic carbocycles. The molecular weight excluding hydrogens is 232 g/mol. The van der Waals surface area contributed by atoms with Crippen molar-refractivity contribution in [2.45, 2.75) is 19.9 Å². The van der Waals surface area contributed by atoms with Gasteiger partial charge >= 0.3 is 0 Å². The molecule has 0 bridgehead atoms. The Morgan fingerprint density at radius 1 is 1.29 bits per heavy atom. The number of benzene rings is 1. The van der Waals surface area contributed by atoms with E-state index in [1.165, 1.54) is 17.1 Å². The lowest BCUT2D eigenvalue weighted by Crippen LogP contribution is -2.23. The zero-order chi connectivity index (χ0) is 12.1. The van der Waals surface area contributed by atoms with E-state index in [1.54, 1.807) is 0 Å². The summed E-state index contributed by atoms with van der Waals surface area (Å²) in [6, 6.07) is 10.4. The highest BCUT2D eigenvalue weighted by molar-refractivity contribution is 7.09. The molecule has 1 aromatic carbocycles. The topological polar surface area (TPSA) is 55.0 Å². The average molecular weight is 248 g/mol. The Bertz CT molecular complexity index is 455. The fourth-order valence-electron chi connectivity index (χ4n) is 1.67. The van der Waals surface area contributed by atoms with Crippen LogP contribution in [-0.4, -0.2) is 15.9 Å². The van der Waals surface area contributed by atoms with Gasteiger partial charge in [-0.25, -0.2) is 0 Å². The van der Waals surface area contributed by atoms with E-state index in [1.807, 2.05) is 18.2 Å². The van der Waals surface area contributed by atoms with Crippen LogP contribution in [0.4, 0.5) is 11.1 Å². The summed E-state index contributed by atoms with van der Waals surface area (Å²) in [4.78, 5) is 6.45. The summed E-state index contributed by atoms with van der Waals surface area (Å²) in [6.45, 7) is 3.97. The van der Waals surface area contributed by atoms with Crippen molar-refractivity contribution >= 4 is 22.6 Å². The highest BCUT2D eigenvalue weighted by Crippen LogP contribution is 2.20. The first-order valence-corrected chi connectivity index (χ1v) is 6.45. The SMILES string of the molecule is CCCN(Cc1ccccc1)c1nc(N)ns1. The summed E-state index contributed by atoms with van der Waals surface area (Å²) in [5.74, 6) is 0.360. The molecule has 0 fully saturated rings. The van der Waals surface area contributed by atoms with E-state index in [0.717, 1.165) is 24.6 Å². The zero-order valence-corrected chi connectivity index (χ0v) is 10.7. The maximum absolute atomic E-state index is 5.57. The number of nitrogens with zero attached hydrogens (tertiary/aromatic N) is 3. The third kappa shape index (κ3) is 3.17. The molecule has 2 aromatic rings. The smallest absolute Gasteiger partial charge is 0.233 e. The Kier molecular flexibility index (Phi) is 3.93. The van der Waals surface area contributed by atoms with Gasteiger partial charge in [0.1, 0.15) is 0 Å². The van der Waals surface area contributed by atoms with Crippen LogP contribution in [0.5, 0.6) is 0 Å². The predicted octanol–water partition coefficient (Wildman–Crippen LogP) is 2.54. The number of anilines is 2. The molecule has 0 aliphatic rings. The monoisotopic (exact) mass is 248 g/mol. The summed E-state index contributed by atoms with van der Waals surface area (Å²) >= 11 is 1.36. The molecule has 0 spiro atoms. The third-order valence-electron chi connectivity index (χ3n) is 2.41. The van der Waals surface area contributed by atoms with Crippen molar-refractivity contribution in [1.82, 2.24) is 9.36 Å². The fourth-order valence-corrected chi connectivity index (χ4v) is 2.29. The molecule has 1 heterocycles. The van der Waals surface area contributed by atoms with Gasteiger partial charge in [-0.3, -0.25) is 0 Å². The van der Waals surface area contributed by atoms with Gasteiger partial charge in [0.05, 0.1) is 0 Å². The van der Waals surface area contributed by atoms with Crippen molar-refractivity contribution in [3.8, 4) is 0 Å². The molecule has 2 N–H and O–H groups in total. The molecule has 0 unspecified atom stereocenters. The highest BCUT2D eigenvalue weighted by atomic mass is 32.1. The summed E-state index contributed by atoms with van der Waals surface area (Å²) in [6.07, 6.45) is 1.08. The molecular formula is C12H16N4S. The fraction of sp³-hybridized carbons (Fsp3) is 0.333. The Labute approximate surface area is 105 Å². The first-order chi connectivity index (χ1) is 8.29. The van der Waals surface area contributed by atoms with E-state index < -0.39 is 0 Å². The van der Waals surface area contributed by atoms with E-state index in [0.29, 0.717) is 5.95 Å². The normalized spacial score (nSPS) is 10.4. The number of nitrogen functional groups attached to an aromatic ring is 1. The van der Waals surface area contributed by atoms with Crippen molar-refractivity contribution in [2.24, 2.45) is 0 Å². The minimum absolute atomic E-state index is 0.360. The number of rotatable bonds is 5. The van der Waals surface area contributed by atoms with E-state index in [-0.39, 0.29) is 0 Å². The predicted molar refractivity (Wildman–Crippen MR) is 72.1 cm³/mol. The Morgan fingerprint density at radius 2 is 2.06 bits per heavy atom. The molecule has 0 radical (unpaired) electrons. The summed E-state index contributed by atoms with van der Waals surface area (Å²) in [5.41, 5.74) is 6.84. The van der Waals surface area contributed by atoms with Gasteiger partial charge in [-0.2, -0.15) is 9.36 Å². The minimum Gasteiger partial charge on any atom is -0.367 e. The van der Waals surface area contributed by atoms with Crippen LogP contribution in [0, 0.1) is 0 Å². The van der Waals surface area contributed by atoms with Gasteiger partial charge in [0, 0.05) is 24.6 Å². The second kappa shape index (κ2) is 5.63. The molecule has 1 aromatic heterocycles. The van der Waals surface area contributed by atoms with E-state index in [9.17, 15) is 0 Å². The van der Waals surface area contributed by atoms with Crippen LogP contribution < -0.4 is 10.6 Å². The first-order valence-electron chi connectivity index (χ1n) is 5.67. The Balaban J connectivity index is 2.13. The minimum atomic E-state index is 0.360. The molecule has 17 heavy (non-hydrogen) atoms. The molecule has 0 saturated carbocycles. The summed E-state index contributed by atoms with van der Waals surface area (Å²) < 4.78 is 4.03. The van der Waals surface area contributed by atoms with Crippen LogP contribution in [-0.2, 0) is 6.54 Å². The Morgan fingerprint density at radius 3 is 2.65 bits per heavy atom. The standard InChI is InChI=1S/C12H16N4S/c1-2-8-16(12-14-11(13)15-17-12)9-10-6-4-3-5-7-10/h3-7H,2,8-9H2,1H3,(H2,13,15). The van der Waals surface area contributed by atoms with Crippen LogP contribution in [0.25, 0.3) is 0 Å². The largest absolute Gasteiger partial charge is 0.367 e. The maximum Gasteiger partial charge on any atom is 0.233 e. The van der Waals surface area contributed by atoms with E-state index in [2.05, 4.69) is 33.3 Å². The lowest BCUT2D eigenvalue weighted by Gasteiger charge is -2.20. The summed E-state index contributed by atoms with van der Waals surface area (Å²) in [5, 5.41) is 0.896. The van der Waals surface area contributed by atoms with Crippen molar-refractivity contribution in [1.29, 1.82) is 0 Å². The molecule has 5 heteroatoms. The second-order valence-electron chi connectivity index (χ2n) is 3.84. The Hall–Kier alpha value is -1.62. The van der Waals surface area contributed by atoms with E-state index in [4.69, 9.17) is 5.73 Å². The van der Waals surface area contributed by atoms with Crippen LogP contribution in [0.2, 0.25) is 0 Å². The van der Waals surface area contributed by atoms with Crippen molar-refractivity contribution < 1.29 is 0 Å². The van der Waals surface area contributed by atoms with Gasteiger partial charge in [0.25, 0.3) is 0 Å². The quantitative estimate of drug-likeness (QED) is 0.883. The van der Waals surface area contributed by atoms with Crippen molar-refractivity contribution in [3.63, 3.8) is 0 Å². The van der Waals surface area contributed by atoms with Gasteiger partial charge < -0.3 is 10.6 Å². The molecule has 0 aliphatic heterocycles. The number of hydrogen-bond donors (Lipinski definition) is 1. The zero-order valence-electron chi connectivity index (χ0n) is 9.84. The molecule has 0 saturated heterocycles. The third-order valence-corrected chi connectivity index (χ3v) is 3.20. The molecule has 90 valence electrons. The van der Waals surface area contributed by atoms with Crippen molar-refractivity contribution in [2.75, 3.05) is 17.2 Å². The molecule has 2 rings (SSSR count). The van der Waals surface area contributed by atoms with Gasteiger partial charge in [-0.05, 0) is 12.0 Å². The van der Waals surface area contributed by atoms with Crippen LogP contribution in [0.1, 0.15) is 18.9 Å². The molecule has 0 atom stereocenters. The van der Waals surface area contributed by atoms with E-state index >= 15 is 0 Å². The van der Waals surface area contributed by atoms with Crippen LogP contribution in [0.15, 0.2) is 30.3 Å². The highest BCUT2D eigenvalue weighted by Gasteiger charge is 2.11. The summed E-state index contributed by atoms with van der Waals surface area (Å²) in [7, 11) is 0. The van der Waals surface area contributed by atoms with Gasteiger partial charge in [0.2, 0.25) is 11.1 Å². The molecule has 4 nitrogen and oxygen atoms in total. The maximum atomic E-state index is 5.57. The van der Waals surface area contributed by atoms with Crippen LogP contribution in [0.3, 0.4) is 0 Å². The van der Waals surface area contributed by atoms with Gasteiger partial charge in [-0.15, -0.1) is 0 Å². The molecule has 0 amide bonds. The first kappa shape index (κ1) is 11.9. The number of hydrogen-bond acceptors (Lipinski definition) is 5. The second-order valence-corrected chi connectivity index (χ2v) is 4.57. The van der Waals surface area contributed by atoms with Crippen molar-refractivity contribution in [3.05, 3.63) is 35.9 Å². The average Bonchev–Trinajstić information content (AvgIpc) is 2.77. The van der Waals surface area contributed by atoms with Gasteiger partial charge in [0.15, 0.2) is 0 Å². The van der Waals surface area contributed by atoms with Crippen LogP contribution >= 0.6 is 11.5 Å². The van der Waals surface area contributed by atoms with Gasteiger partial charge in [-0.1, -0.05) is 37.3 Å². The lowest BCUT2D eigenvalue weighted by molar-refractivity contribution is 0.764. The lowest BCUT2D eigenvalue weighted by atomic mass is 10.2.